The van der Waals surface area contributed by atoms with Crippen molar-refractivity contribution >= 4 is 24.0 Å². The Balaban J connectivity index is 1.69. The van der Waals surface area contributed by atoms with Crippen molar-refractivity contribution in [2.24, 2.45) is 0 Å². The molecule has 1 saturated heterocycles. The van der Waals surface area contributed by atoms with Crippen molar-refractivity contribution in [3.8, 4) is 5.75 Å². The van der Waals surface area contributed by atoms with Crippen LogP contribution < -0.4 is 10.6 Å². The fraction of sp³-hybridized carbons (Fsp3) is 0.500. The quantitative estimate of drug-likeness (QED) is 0.423. The van der Waals surface area contributed by atoms with E-state index in [1.165, 1.54) is 12.1 Å². The zero-order valence-corrected chi connectivity index (χ0v) is 25.9. The molecule has 1 aliphatic rings. The molecule has 11 heteroatoms. The van der Waals surface area contributed by atoms with E-state index in [1.54, 1.807) is 63.5 Å². The number of hydrogen-bond acceptors (Lipinski definition) is 7. The van der Waals surface area contributed by atoms with Gasteiger partial charge in [0.25, 0.3) is 0 Å². The highest BCUT2D eigenvalue weighted by atomic mass is 16.6. The molecule has 0 spiro atoms. The first-order chi connectivity index (χ1) is 20.1. The van der Waals surface area contributed by atoms with Gasteiger partial charge < -0.3 is 35.0 Å². The Morgan fingerprint density at radius 2 is 1.05 bits per heavy atom. The number of nitrogens with zero attached hydrogens (tertiary/aromatic N) is 2. The highest BCUT2D eigenvalue weighted by molar-refractivity contribution is 5.88. The van der Waals surface area contributed by atoms with E-state index in [0.717, 1.165) is 11.1 Å². The van der Waals surface area contributed by atoms with Crippen LogP contribution in [0.4, 0.5) is 9.59 Å². The van der Waals surface area contributed by atoms with Gasteiger partial charge in [0.1, 0.15) is 29.0 Å². The SMILES string of the molecule is CC(C)(C)OC(=O)N[C@@H](Cc1ccccc1)C(=O)N1CCN(C(=O)[C@H](Cc2ccc(O)cc2)NC(=O)OC(C)(C)C)CC1. The molecule has 1 fully saturated rings. The van der Waals surface area contributed by atoms with Crippen LogP contribution in [0.1, 0.15) is 52.7 Å². The summed E-state index contributed by atoms with van der Waals surface area (Å²) in [7, 11) is 0. The molecule has 2 aromatic rings. The number of ether oxygens (including phenoxy) is 2. The molecule has 1 aliphatic heterocycles. The van der Waals surface area contributed by atoms with E-state index in [4.69, 9.17) is 9.47 Å². The predicted molar refractivity (Wildman–Crippen MR) is 161 cm³/mol. The van der Waals surface area contributed by atoms with Crippen LogP contribution in [-0.2, 0) is 31.9 Å². The summed E-state index contributed by atoms with van der Waals surface area (Å²) in [6, 6.07) is 14.0. The second-order valence-electron chi connectivity index (χ2n) is 12.6. The summed E-state index contributed by atoms with van der Waals surface area (Å²) in [5.41, 5.74) is 0.167. The molecule has 1 heterocycles. The van der Waals surface area contributed by atoms with E-state index in [-0.39, 0.29) is 56.6 Å². The van der Waals surface area contributed by atoms with Crippen molar-refractivity contribution in [2.45, 2.75) is 77.7 Å². The van der Waals surface area contributed by atoms with Crippen LogP contribution in [0.5, 0.6) is 5.75 Å². The van der Waals surface area contributed by atoms with Gasteiger partial charge in [-0.3, -0.25) is 9.59 Å². The van der Waals surface area contributed by atoms with Crippen molar-refractivity contribution in [2.75, 3.05) is 26.2 Å². The lowest BCUT2D eigenvalue weighted by Crippen LogP contribution is -2.59. The Morgan fingerprint density at radius 1 is 0.674 bits per heavy atom. The number of nitrogens with one attached hydrogen (secondary N) is 2. The third-order valence-corrected chi connectivity index (χ3v) is 6.54. The third kappa shape index (κ3) is 11.1. The van der Waals surface area contributed by atoms with Crippen molar-refractivity contribution in [1.29, 1.82) is 0 Å². The lowest BCUT2D eigenvalue weighted by atomic mass is 10.0. The zero-order chi connectivity index (χ0) is 31.8. The van der Waals surface area contributed by atoms with Gasteiger partial charge in [0.2, 0.25) is 11.8 Å². The molecule has 11 nitrogen and oxygen atoms in total. The summed E-state index contributed by atoms with van der Waals surface area (Å²) in [5, 5.41) is 15.1. The number of alkyl carbamates (subject to hydrolysis) is 2. The number of benzene rings is 2. The van der Waals surface area contributed by atoms with Gasteiger partial charge in [-0.05, 0) is 64.8 Å². The van der Waals surface area contributed by atoms with E-state index in [1.807, 2.05) is 30.3 Å². The number of phenolic OH excluding ortho intramolecular Hbond substituents is 1. The summed E-state index contributed by atoms with van der Waals surface area (Å²) in [6.45, 7) is 11.5. The predicted octanol–water partition coefficient (Wildman–Crippen LogP) is 3.63. The van der Waals surface area contributed by atoms with E-state index in [2.05, 4.69) is 10.6 Å². The second-order valence-corrected chi connectivity index (χ2v) is 12.6. The highest BCUT2D eigenvalue weighted by Crippen LogP contribution is 2.16. The first-order valence-corrected chi connectivity index (χ1v) is 14.5. The number of aromatic hydroxyl groups is 1. The lowest BCUT2D eigenvalue weighted by molar-refractivity contribution is -0.141. The smallest absolute Gasteiger partial charge is 0.408 e. The van der Waals surface area contributed by atoms with Crippen molar-refractivity contribution in [3.63, 3.8) is 0 Å². The number of phenols is 1. The summed E-state index contributed by atoms with van der Waals surface area (Å²) >= 11 is 0. The third-order valence-electron chi connectivity index (χ3n) is 6.54. The first-order valence-electron chi connectivity index (χ1n) is 14.5. The summed E-state index contributed by atoms with van der Waals surface area (Å²) in [5.74, 6) is -0.479. The molecule has 4 amide bonds. The largest absolute Gasteiger partial charge is 0.508 e. The summed E-state index contributed by atoms with van der Waals surface area (Å²) < 4.78 is 10.8. The highest BCUT2D eigenvalue weighted by Gasteiger charge is 2.34. The molecule has 43 heavy (non-hydrogen) atoms. The summed E-state index contributed by atoms with van der Waals surface area (Å²) in [4.78, 5) is 55.7. The van der Waals surface area contributed by atoms with Crippen molar-refractivity contribution in [3.05, 3.63) is 65.7 Å². The molecular weight excluding hydrogens is 552 g/mol. The number of rotatable bonds is 8. The molecule has 3 N–H and O–H groups in total. The van der Waals surface area contributed by atoms with Gasteiger partial charge in [0.05, 0.1) is 0 Å². The average Bonchev–Trinajstić information content (AvgIpc) is 2.91. The molecule has 0 saturated carbocycles. The minimum atomic E-state index is -0.915. The topological polar surface area (TPSA) is 138 Å². The molecule has 0 aromatic heterocycles. The molecule has 2 atom stereocenters. The van der Waals surface area contributed by atoms with Gasteiger partial charge in [-0.1, -0.05) is 42.5 Å². The first kappa shape index (κ1) is 33.2. The Hall–Kier alpha value is -4.28. The maximum atomic E-state index is 13.6. The molecular formula is C32H44N4O7. The minimum Gasteiger partial charge on any atom is -0.508 e. The monoisotopic (exact) mass is 596 g/mol. The van der Waals surface area contributed by atoms with Crippen molar-refractivity contribution < 1.29 is 33.8 Å². The molecule has 2 aromatic carbocycles. The number of amides is 4. The van der Waals surface area contributed by atoms with Crippen LogP contribution in [0.2, 0.25) is 0 Å². The normalized spacial score (nSPS) is 15.2. The van der Waals surface area contributed by atoms with Crippen LogP contribution in [-0.4, -0.2) is 88.4 Å². The van der Waals surface area contributed by atoms with E-state index in [9.17, 15) is 24.3 Å². The molecule has 0 aliphatic carbocycles. The van der Waals surface area contributed by atoms with Gasteiger partial charge in [-0.25, -0.2) is 9.59 Å². The second kappa shape index (κ2) is 14.3. The molecule has 234 valence electrons. The molecule has 3 rings (SSSR count). The fourth-order valence-corrected chi connectivity index (χ4v) is 4.61. The minimum absolute atomic E-state index is 0.0965. The Kier molecular flexibility index (Phi) is 11.0. The Bertz CT molecular complexity index is 1250. The number of carbonyl (C=O) groups is 4. The van der Waals surface area contributed by atoms with E-state index < -0.39 is 35.5 Å². The van der Waals surface area contributed by atoms with Crippen LogP contribution >= 0.6 is 0 Å². The summed E-state index contributed by atoms with van der Waals surface area (Å²) in [6.07, 6.45) is -0.917. The standard InChI is InChI=1S/C32H44N4O7/c1-31(2,3)42-29(40)33-25(20-22-10-8-7-9-11-22)27(38)35-16-18-36(19-17-35)28(39)26(34-30(41)43-32(4,5)6)21-23-12-14-24(37)15-13-23/h7-15,25-26,37H,16-21H2,1-6H3,(H,33,40)(H,34,41)/t25-,26-/m0/s1. The van der Waals surface area contributed by atoms with Gasteiger partial charge >= 0.3 is 12.2 Å². The zero-order valence-electron chi connectivity index (χ0n) is 25.9. The fourth-order valence-electron chi connectivity index (χ4n) is 4.61. The van der Waals surface area contributed by atoms with Crippen molar-refractivity contribution in [1.82, 2.24) is 20.4 Å². The van der Waals surface area contributed by atoms with Gasteiger partial charge in [-0.2, -0.15) is 0 Å². The van der Waals surface area contributed by atoms with Gasteiger partial charge in [-0.15, -0.1) is 0 Å². The number of hydrogen-bond donors (Lipinski definition) is 3. The van der Waals surface area contributed by atoms with Crippen LogP contribution in [0.25, 0.3) is 0 Å². The van der Waals surface area contributed by atoms with E-state index >= 15 is 0 Å². The van der Waals surface area contributed by atoms with Crippen LogP contribution in [0.3, 0.4) is 0 Å². The average molecular weight is 597 g/mol. The molecule has 0 unspecified atom stereocenters. The maximum Gasteiger partial charge on any atom is 0.408 e. The Morgan fingerprint density at radius 3 is 1.42 bits per heavy atom. The lowest BCUT2D eigenvalue weighted by Gasteiger charge is -2.38. The number of carbonyl (C=O) groups excluding carboxylic acids is 4. The van der Waals surface area contributed by atoms with Crippen LogP contribution in [0, 0.1) is 0 Å². The number of piperazine rings is 1. The van der Waals surface area contributed by atoms with Crippen LogP contribution in [0.15, 0.2) is 54.6 Å². The van der Waals surface area contributed by atoms with E-state index in [0.29, 0.717) is 0 Å². The van der Waals surface area contributed by atoms with Gasteiger partial charge in [0.15, 0.2) is 0 Å². The Labute approximate surface area is 253 Å². The molecule has 0 bridgehead atoms. The van der Waals surface area contributed by atoms with Gasteiger partial charge in [0, 0.05) is 39.0 Å². The maximum absolute atomic E-state index is 13.6. The molecule has 0 radical (unpaired) electrons.